The molecule has 0 saturated carbocycles. The molecule has 4 nitrogen and oxygen atoms in total. The number of hydrogen-bond donors (Lipinski definition) is 0. The van der Waals surface area contributed by atoms with E-state index in [4.69, 9.17) is 4.74 Å². The molecule has 0 amide bonds. The Morgan fingerprint density at radius 2 is 2.33 bits per heavy atom. The highest BCUT2D eigenvalue weighted by atomic mass is 16.5. The van der Waals surface area contributed by atoms with E-state index < -0.39 is 0 Å². The summed E-state index contributed by atoms with van der Waals surface area (Å²) in [6.45, 7) is 6.03. The summed E-state index contributed by atoms with van der Waals surface area (Å²) in [6.07, 6.45) is 0.587. The van der Waals surface area contributed by atoms with E-state index in [2.05, 4.69) is 11.8 Å². The fourth-order valence-corrected chi connectivity index (χ4v) is 1.15. The molecular formula is C11H11NO3. The Bertz CT molecular complexity index is 399. The zero-order valence-electron chi connectivity index (χ0n) is 8.40. The van der Waals surface area contributed by atoms with Gasteiger partial charge in [0.05, 0.1) is 6.61 Å². The van der Waals surface area contributed by atoms with E-state index in [0.29, 0.717) is 24.2 Å². The predicted octanol–water partition coefficient (Wildman–Crippen LogP) is 2.90. The third kappa shape index (κ3) is 2.49. The number of aldehydes is 1. The second kappa shape index (κ2) is 5.05. The molecule has 0 spiro atoms. The Labute approximate surface area is 87.5 Å². The summed E-state index contributed by atoms with van der Waals surface area (Å²) in [7, 11) is 0. The van der Waals surface area contributed by atoms with Crippen LogP contribution in [0.2, 0.25) is 0 Å². The number of nitrogens with zero attached hydrogens (tertiary/aromatic N) is 1. The fraction of sp³-hybridized carbons (Fsp3) is 0.182. The second-order valence-corrected chi connectivity index (χ2v) is 2.84. The average Bonchev–Trinajstić information content (AvgIpc) is 2.28. The summed E-state index contributed by atoms with van der Waals surface area (Å²) in [6, 6.07) is 4.66. The first-order chi connectivity index (χ1) is 7.22. The first-order valence-corrected chi connectivity index (χ1v) is 4.47. The van der Waals surface area contributed by atoms with Crippen molar-refractivity contribution in [3.8, 4) is 0 Å². The maximum absolute atomic E-state index is 10.5. The van der Waals surface area contributed by atoms with Gasteiger partial charge in [-0.2, -0.15) is 0 Å². The molecule has 0 unspecified atom stereocenters. The SMILES string of the molecule is C=C(OCC)c1ccc(C=O)c(N=O)c1. The van der Waals surface area contributed by atoms with Gasteiger partial charge in [0, 0.05) is 11.1 Å². The highest BCUT2D eigenvalue weighted by Crippen LogP contribution is 2.23. The molecule has 0 aromatic heterocycles. The lowest BCUT2D eigenvalue weighted by Crippen LogP contribution is -1.91. The third-order valence-corrected chi connectivity index (χ3v) is 1.90. The molecule has 15 heavy (non-hydrogen) atoms. The number of nitroso groups, excluding NO2 is 1. The van der Waals surface area contributed by atoms with Crippen LogP contribution in [0.4, 0.5) is 5.69 Å². The molecule has 78 valence electrons. The van der Waals surface area contributed by atoms with E-state index in [1.165, 1.54) is 12.1 Å². The maximum atomic E-state index is 10.5. The van der Waals surface area contributed by atoms with E-state index >= 15 is 0 Å². The third-order valence-electron chi connectivity index (χ3n) is 1.90. The molecule has 1 aromatic rings. The summed E-state index contributed by atoms with van der Waals surface area (Å²) in [5.41, 5.74) is 1.01. The number of carbonyl (C=O) groups is 1. The fourth-order valence-electron chi connectivity index (χ4n) is 1.15. The lowest BCUT2D eigenvalue weighted by molar-refractivity contribution is 0.112. The summed E-state index contributed by atoms with van der Waals surface area (Å²) in [5, 5.41) is 2.77. The van der Waals surface area contributed by atoms with Crippen molar-refractivity contribution in [3.63, 3.8) is 0 Å². The molecule has 0 fully saturated rings. The van der Waals surface area contributed by atoms with E-state index in [1.54, 1.807) is 6.07 Å². The van der Waals surface area contributed by atoms with Gasteiger partial charge in [-0.3, -0.25) is 4.79 Å². The lowest BCUT2D eigenvalue weighted by Gasteiger charge is -2.07. The van der Waals surface area contributed by atoms with Gasteiger partial charge in [-0.15, -0.1) is 4.91 Å². The summed E-state index contributed by atoms with van der Waals surface area (Å²) in [5.74, 6) is 0.458. The normalized spacial score (nSPS) is 9.40. The van der Waals surface area contributed by atoms with E-state index in [1.807, 2.05) is 6.92 Å². The molecule has 1 aromatic carbocycles. The minimum atomic E-state index is 0.100. The van der Waals surface area contributed by atoms with Gasteiger partial charge in [0.15, 0.2) is 6.29 Å². The topological polar surface area (TPSA) is 55.7 Å². The highest BCUT2D eigenvalue weighted by molar-refractivity contribution is 5.84. The van der Waals surface area contributed by atoms with Gasteiger partial charge in [-0.1, -0.05) is 12.6 Å². The van der Waals surface area contributed by atoms with Gasteiger partial charge in [-0.05, 0) is 24.2 Å². The van der Waals surface area contributed by atoms with Crippen molar-refractivity contribution in [1.29, 1.82) is 0 Å². The first kappa shape index (κ1) is 11.1. The number of ether oxygens (including phenoxy) is 1. The lowest BCUT2D eigenvalue weighted by atomic mass is 10.1. The molecule has 0 aliphatic heterocycles. The molecule has 1 rings (SSSR count). The predicted molar refractivity (Wildman–Crippen MR) is 57.9 cm³/mol. The molecule has 4 heteroatoms. The van der Waals surface area contributed by atoms with Crippen molar-refractivity contribution in [2.45, 2.75) is 6.92 Å². The van der Waals surface area contributed by atoms with Crippen molar-refractivity contribution in [1.82, 2.24) is 0 Å². The summed E-state index contributed by atoms with van der Waals surface area (Å²) in [4.78, 5) is 21.0. The molecule has 0 atom stereocenters. The minimum absolute atomic E-state index is 0.100. The number of benzene rings is 1. The van der Waals surface area contributed by atoms with Gasteiger partial charge in [0.25, 0.3) is 0 Å². The molecule has 0 saturated heterocycles. The van der Waals surface area contributed by atoms with Crippen molar-refractivity contribution in [3.05, 3.63) is 40.8 Å². The molecule has 0 aliphatic rings. The van der Waals surface area contributed by atoms with Crippen molar-refractivity contribution < 1.29 is 9.53 Å². The van der Waals surface area contributed by atoms with Gasteiger partial charge >= 0.3 is 0 Å². The van der Waals surface area contributed by atoms with Crippen LogP contribution < -0.4 is 0 Å². The van der Waals surface area contributed by atoms with Gasteiger partial charge in [-0.25, -0.2) is 0 Å². The second-order valence-electron chi connectivity index (χ2n) is 2.84. The Morgan fingerprint density at radius 1 is 1.60 bits per heavy atom. The first-order valence-electron chi connectivity index (χ1n) is 4.47. The summed E-state index contributed by atoms with van der Waals surface area (Å²) < 4.78 is 5.17. The van der Waals surface area contributed by atoms with Crippen LogP contribution >= 0.6 is 0 Å². The highest BCUT2D eigenvalue weighted by Gasteiger charge is 2.06. The van der Waals surface area contributed by atoms with Crippen molar-refractivity contribution in [2.24, 2.45) is 5.18 Å². The molecule has 0 N–H and O–H groups in total. The number of hydrogen-bond acceptors (Lipinski definition) is 4. The van der Waals surface area contributed by atoms with Crippen molar-refractivity contribution >= 4 is 17.7 Å². The number of carbonyl (C=O) groups excluding carboxylic acids is 1. The van der Waals surface area contributed by atoms with Crippen molar-refractivity contribution in [2.75, 3.05) is 6.61 Å². The quantitative estimate of drug-likeness (QED) is 0.422. The summed E-state index contributed by atoms with van der Waals surface area (Å²) >= 11 is 0. The van der Waals surface area contributed by atoms with E-state index in [-0.39, 0.29) is 11.3 Å². The maximum Gasteiger partial charge on any atom is 0.152 e. The monoisotopic (exact) mass is 205 g/mol. The van der Waals surface area contributed by atoms with Crippen LogP contribution in [0.3, 0.4) is 0 Å². The van der Waals surface area contributed by atoms with Crippen LogP contribution in [0.1, 0.15) is 22.8 Å². The average molecular weight is 205 g/mol. The van der Waals surface area contributed by atoms with Crippen LogP contribution in [-0.2, 0) is 4.74 Å². The van der Waals surface area contributed by atoms with Crippen LogP contribution in [-0.4, -0.2) is 12.9 Å². The van der Waals surface area contributed by atoms with Crippen LogP contribution in [0.5, 0.6) is 0 Å². The largest absolute Gasteiger partial charge is 0.494 e. The molecule has 0 heterocycles. The standard InChI is InChI=1S/C11H11NO3/c1-3-15-8(2)9-4-5-10(7-13)11(6-9)12-14/h4-7H,2-3H2,1H3. The minimum Gasteiger partial charge on any atom is -0.494 e. The zero-order chi connectivity index (χ0) is 11.3. The smallest absolute Gasteiger partial charge is 0.152 e. The van der Waals surface area contributed by atoms with Gasteiger partial charge < -0.3 is 4.74 Å². The molecular weight excluding hydrogens is 194 g/mol. The zero-order valence-corrected chi connectivity index (χ0v) is 8.40. The Kier molecular flexibility index (Phi) is 3.74. The number of rotatable bonds is 5. The van der Waals surface area contributed by atoms with E-state index in [9.17, 15) is 9.70 Å². The van der Waals surface area contributed by atoms with Crippen LogP contribution in [0.25, 0.3) is 5.76 Å². The van der Waals surface area contributed by atoms with E-state index in [0.717, 1.165) is 0 Å². The molecule has 0 bridgehead atoms. The molecule has 0 radical (unpaired) electrons. The van der Waals surface area contributed by atoms with Crippen LogP contribution in [0.15, 0.2) is 30.0 Å². The molecule has 0 aliphatic carbocycles. The Morgan fingerprint density at radius 3 is 2.87 bits per heavy atom. The Balaban J connectivity index is 3.07. The Hall–Kier alpha value is -1.97. The van der Waals surface area contributed by atoms with Gasteiger partial charge in [0.1, 0.15) is 11.4 Å². The van der Waals surface area contributed by atoms with Gasteiger partial charge in [0.2, 0.25) is 0 Å². The van der Waals surface area contributed by atoms with Crippen LogP contribution in [0, 0.1) is 4.91 Å².